The number of aryl methyl sites for hydroxylation is 1. The normalized spacial score (nSPS) is 11.6. The first-order chi connectivity index (χ1) is 14.9. The van der Waals surface area contributed by atoms with E-state index in [1.165, 1.54) is 29.6 Å². The van der Waals surface area contributed by atoms with Crippen LogP contribution in [0.15, 0.2) is 41.8 Å². The van der Waals surface area contributed by atoms with Crippen LogP contribution in [0, 0.1) is 0 Å². The SMILES string of the molecule is CCCn1c(=O)n(C)c(=O)c2c(SCc3nnc(-c4ccco4)o3)nc(C(C)C)nc21. The molecule has 0 saturated carbocycles. The first-order valence-corrected chi connectivity index (χ1v) is 10.9. The minimum Gasteiger partial charge on any atom is -0.459 e. The minimum absolute atomic E-state index is 0.0203. The molecular formula is C20H22N6O4S. The van der Waals surface area contributed by atoms with Crippen LogP contribution < -0.4 is 11.2 Å². The fourth-order valence-electron chi connectivity index (χ4n) is 3.08. The summed E-state index contributed by atoms with van der Waals surface area (Å²) in [5.74, 6) is 2.02. The molecule has 0 spiro atoms. The number of rotatable bonds is 7. The lowest BCUT2D eigenvalue weighted by Crippen LogP contribution is -2.39. The van der Waals surface area contributed by atoms with Gasteiger partial charge in [0.25, 0.3) is 11.4 Å². The van der Waals surface area contributed by atoms with Crippen molar-refractivity contribution in [3.8, 4) is 11.7 Å². The predicted octanol–water partition coefficient (Wildman–Crippen LogP) is 2.96. The van der Waals surface area contributed by atoms with Crippen molar-refractivity contribution in [3.63, 3.8) is 0 Å². The number of hydrogen-bond acceptors (Lipinski definition) is 9. The molecule has 10 nitrogen and oxygen atoms in total. The van der Waals surface area contributed by atoms with Gasteiger partial charge < -0.3 is 8.83 Å². The molecule has 0 aliphatic rings. The quantitative estimate of drug-likeness (QED) is 0.314. The van der Waals surface area contributed by atoms with Gasteiger partial charge in [-0.15, -0.1) is 10.2 Å². The van der Waals surface area contributed by atoms with E-state index in [4.69, 9.17) is 8.83 Å². The monoisotopic (exact) mass is 442 g/mol. The summed E-state index contributed by atoms with van der Waals surface area (Å²) in [7, 11) is 1.47. The van der Waals surface area contributed by atoms with Gasteiger partial charge >= 0.3 is 5.69 Å². The standard InChI is InChI=1S/C20H22N6O4S/c1-5-8-26-16-14(19(27)25(4)20(26)28)18(22-15(21-16)11(2)3)31-10-13-23-24-17(30-13)12-7-6-9-29-12/h6-7,9,11H,5,8,10H2,1-4H3. The van der Waals surface area contributed by atoms with Crippen LogP contribution in [-0.4, -0.2) is 29.3 Å². The van der Waals surface area contributed by atoms with Crippen molar-refractivity contribution in [2.24, 2.45) is 7.05 Å². The van der Waals surface area contributed by atoms with Gasteiger partial charge in [-0.25, -0.2) is 14.8 Å². The van der Waals surface area contributed by atoms with E-state index < -0.39 is 5.56 Å². The number of furan rings is 1. The molecule has 31 heavy (non-hydrogen) atoms. The van der Waals surface area contributed by atoms with E-state index in [0.717, 1.165) is 11.0 Å². The zero-order chi connectivity index (χ0) is 22.1. The fourth-order valence-corrected chi connectivity index (χ4v) is 3.94. The van der Waals surface area contributed by atoms with Crippen LogP contribution in [0.4, 0.5) is 0 Å². The van der Waals surface area contributed by atoms with E-state index in [-0.39, 0.29) is 17.5 Å². The molecule has 0 amide bonds. The Balaban J connectivity index is 1.79. The second-order valence-corrected chi connectivity index (χ2v) is 8.27. The van der Waals surface area contributed by atoms with E-state index in [0.29, 0.717) is 45.8 Å². The van der Waals surface area contributed by atoms with Gasteiger partial charge in [-0.3, -0.25) is 13.9 Å². The van der Waals surface area contributed by atoms with Gasteiger partial charge in [0.15, 0.2) is 11.4 Å². The van der Waals surface area contributed by atoms with Crippen molar-refractivity contribution < 1.29 is 8.83 Å². The summed E-state index contributed by atoms with van der Waals surface area (Å²) in [6.45, 7) is 6.35. The molecule has 0 aliphatic carbocycles. The third kappa shape index (κ3) is 3.92. The lowest BCUT2D eigenvalue weighted by atomic mass is 10.2. The molecule has 0 N–H and O–H groups in total. The summed E-state index contributed by atoms with van der Waals surface area (Å²) in [5.41, 5.74) is -0.450. The van der Waals surface area contributed by atoms with E-state index in [1.807, 2.05) is 20.8 Å². The molecule has 162 valence electrons. The van der Waals surface area contributed by atoms with Gasteiger partial charge in [0.05, 0.1) is 12.0 Å². The molecule has 0 radical (unpaired) electrons. The lowest BCUT2D eigenvalue weighted by molar-refractivity contribution is 0.494. The Labute approximate surface area is 181 Å². The zero-order valence-electron chi connectivity index (χ0n) is 17.7. The first kappa shape index (κ1) is 21.0. The fraction of sp³-hybridized carbons (Fsp3) is 0.400. The van der Waals surface area contributed by atoms with E-state index in [2.05, 4.69) is 20.2 Å². The Morgan fingerprint density at radius 3 is 2.68 bits per heavy atom. The molecule has 4 rings (SSSR count). The molecule has 4 aromatic heterocycles. The van der Waals surface area contributed by atoms with Crippen molar-refractivity contribution >= 4 is 22.8 Å². The second kappa shape index (κ2) is 8.50. The Kier molecular flexibility index (Phi) is 5.77. The zero-order valence-corrected chi connectivity index (χ0v) is 18.5. The molecule has 0 unspecified atom stereocenters. The summed E-state index contributed by atoms with van der Waals surface area (Å²) in [6.07, 6.45) is 2.26. The molecule has 0 aromatic carbocycles. The minimum atomic E-state index is -0.424. The molecule has 0 fully saturated rings. The average molecular weight is 443 g/mol. The maximum Gasteiger partial charge on any atom is 0.332 e. The Morgan fingerprint density at radius 2 is 2.00 bits per heavy atom. The van der Waals surface area contributed by atoms with Crippen molar-refractivity contribution in [2.45, 2.75) is 50.4 Å². The Hall–Kier alpha value is -3.21. The number of fused-ring (bicyclic) bond motifs is 1. The smallest absolute Gasteiger partial charge is 0.332 e. The number of thioether (sulfide) groups is 1. The van der Waals surface area contributed by atoms with Crippen molar-refractivity contribution in [3.05, 3.63) is 50.9 Å². The highest BCUT2D eigenvalue weighted by Crippen LogP contribution is 2.28. The van der Waals surface area contributed by atoms with Gasteiger partial charge in [-0.2, -0.15) is 0 Å². The number of aromatic nitrogens is 6. The van der Waals surface area contributed by atoms with E-state index in [1.54, 1.807) is 12.1 Å². The number of nitrogens with zero attached hydrogens (tertiary/aromatic N) is 6. The highest BCUT2D eigenvalue weighted by molar-refractivity contribution is 7.98. The van der Waals surface area contributed by atoms with E-state index >= 15 is 0 Å². The van der Waals surface area contributed by atoms with Crippen molar-refractivity contribution in [1.82, 2.24) is 29.3 Å². The summed E-state index contributed by atoms with van der Waals surface area (Å²) in [5, 5.41) is 8.84. The van der Waals surface area contributed by atoms with Crippen LogP contribution in [0.2, 0.25) is 0 Å². The summed E-state index contributed by atoms with van der Waals surface area (Å²) in [6, 6.07) is 3.47. The van der Waals surface area contributed by atoms with Gasteiger partial charge in [-0.05, 0) is 18.6 Å². The number of hydrogen-bond donors (Lipinski definition) is 0. The van der Waals surface area contributed by atoms with Crippen molar-refractivity contribution in [1.29, 1.82) is 0 Å². The van der Waals surface area contributed by atoms with Gasteiger partial charge in [0.2, 0.25) is 5.89 Å². The lowest BCUT2D eigenvalue weighted by Gasteiger charge is -2.14. The highest BCUT2D eigenvalue weighted by atomic mass is 32.2. The predicted molar refractivity (Wildman–Crippen MR) is 115 cm³/mol. The summed E-state index contributed by atoms with van der Waals surface area (Å²) < 4.78 is 13.6. The largest absolute Gasteiger partial charge is 0.459 e. The molecule has 4 aromatic rings. The van der Waals surface area contributed by atoms with Gasteiger partial charge in [0.1, 0.15) is 16.2 Å². The molecule has 11 heteroatoms. The third-order valence-electron chi connectivity index (χ3n) is 4.66. The first-order valence-electron chi connectivity index (χ1n) is 9.91. The third-order valence-corrected chi connectivity index (χ3v) is 5.62. The summed E-state index contributed by atoms with van der Waals surface area (Å²) >= 11 is 1.29. The molecule has 4 heterocycles. The van der Waals surface area contributed by atoms with E-state index in [9.17, 15) is 9.59 Å². The topological polar surface area (TPSA) is 122 Å². The molecule has 0 bridgehead atoms. The van der Waals surface area contributed by atoms with Crippen LogP contribution in [0.3, 0.4) is 0 Å². The van der Waals surface area contributed by atoms with Crippen LogP contribution in [-0.2, 0) is 19.3 Å². The molecule has 0 saturated heterocycles. The van der Waals surface area contributed by atoms with Gasteiger partial charge in [0, 0.05) is 19.5 Å². The second-order valence-electron chi connectivity index (χ2n) is 7.31. The Bertz CT molecular complexity index is 1340. The average Bonchev–Trinajstić information content (AvgIpc) is 3.44. The van der Waals surface area contributed by atoms with Gasteiger partial charge in [-0.1, -0.05) is 32.5 Å². The highest BCUT2D eigenvalue weighted by Gasteiger charge is 2.20. The molecular weight excluding hydrogens is 420 g/mol. The van der Waals surface area contributed by atoms with Crippen LogP contribution in [0.25, 0.3) is 22.7 Å². The summed E-state index contributed by atoms with van der Waals surface area (Å²) in [4.78, 5) is 34.9. The van der Waals surface area contributed by atoms with Crippen LogP contribution in [0.1, 0.15) is 44.8 Å². The maximum absolute atomic E-state index is 13.0. The van der Waals surface area contributed by atoms with Crippen LogP contribution >= 0.6 is 11.8 Å². The van der Waals surface area contributed by atoms with Crippen LogP contribution in [0.5, 0.6) is 0 Å². The Morgan fingerprint density at radius 1 is 1.19 bits per heavy atom. The molecule has 0 atom stereocenters. The maximum atomic E-state index is 13.0. The molecule has 0 aliphatic heterocycles. The van der Waals surface area contributed by atoms with Crippen molar-refractivity contribution in [2.75, 3.05) is 0 Å².